The molecule has 0 atom stereocenters. The summed E-state index contributed by atoms with van der Waals surface area (Å²) in [6, 6.07) is 6.42. The number of phenols is 1. The van der Waals surface area contributed by atoms with E-state index in [9.17, 15) is 0 Å². The van der Waals surface area contributed by atoms with Crippen LogP contribution in [0.25, 0.3) is 0 Å². The van der Waals surface area contributed by atoms with Crippen LogP contribution < -0.4 is 0 Å². The first-order chi connectivity index (χ1) is 5.41. The maximum absolute atomic E-state index is 9.15. The summed E-state index contributed by atoms with van der Waals surface area (Å²) in [5.74, 6) is 0.223. The predicted molar refractivity (Wildman–Crippen MR) is 50.4 cm³/mol. The summed E-state index contributed by atoms with van der Waals surface area (Å²) in [6.07, 6.45) is 0. The number of hydrogen-bond donors (Lipinski definition) is 1. The molecule has 1 radical (unpaired) electrons. The fraction of sp³-hybridized carbons (Fsp3) is 0.455. The van der Waals surface area contributed by atoms with Gasteiger partial charge in [-0.1, -0.05) is 20.8 Å². The Balaban J connectivity index is 3.19. The van der Waals surface area contributed by atoms with Crippen molar-refractivity contribution in [3.63, 3.8) is 0 Å². The topological polar surface area (TPSA) is 20.2 Å². The van der Waals surface area contributed by atoms with E-state index in [4.69, 9.17) is 5.11 Å². The number of aryl methyl sites for hydroxylation is 1. The SMILES string of the molecule is Cc1cc(O)[c]cc1C(C)(C)C. The van der Waals surface area contributed by atoms with Crippen molar-refractivity contribution in [3.05, 3.63) is 29.3 Å². The van der Waals surface area contributed by atoms with Gasteiger partial charge in [-0.25, -0.2) is 0 Å². The lowest BCUT2D eigenvalue weighted by atomic mass is 9.84. The van der Waals surface area contributed by atoms with Crippen molar-refractivity contribution < 1.29 is 5.11 Å². The van der Waals surface area contributed by atoms with Crippen LogP contribution >= 0.6 is 0 Å². The summed E-state index contributed by atoms with van der Waals surface area (Å²) in [7, 11) is 0. The van der Waals surface area contributed by atoms with Gasteiger partial charge < -0.3 is 5.11 Å². The lowest BCUT2D eigenvalue weighted by Crippen LogP contribution is -2.12. The Labute approximate surface area is 74.1 Å². The minimum atomic E-state index is 0.133. The second kappa shape index (κ2) is 2.81. The Hall–Kier alpha value is -0.980. The molecule has 1 N–H and O–H groups in total. The third-order valence-electron chi connectivity index (χ3n) is 1.95. The Morgan fingerprint density at radius 1 is 1.33 bits per heavy atom. The molecular weight excluding hydrogens is 148 g/mol. The highest BCUT2D eigenvalue weighted by Crippen LogP contribution is 2.27. The summed E-state index contributed by atoms with van der Waals surface area (Å²) < 4.78 is 0. The van der Waals surface area contributed by atoms with Crippen molar-refractivity contribution >= 4 is 0 Å². The normalized spacial score (nSPS) is 11.7. The van der Waals surface area contributed by atoms with Gasteiger partial charge in [0.2, 0.25) is 0 Å². The van der Waals surface area contributed by atoms with E-state index < -0.39 is 0 Å². The minimum absolute atomic E-state index is 0.133. The fourth-order valence-electron chi connectivity index (χ4n) is 1.39. The highest BCUT2D eigenvalue weighted by atomic mass is 16.3. The van der Waals surface area contributed by atoms with Crippen LogP contribution in [-0.4, -0.2) is 5.11 Å². The van der Waals surface area contributed by atoms with Crippen LogP contribution in [0, 0.1) is 13.0 Å². The summed E-state index contributed by atoms with van der Waals surface area (Å²) in [5.41, 5.74) is 2.49. The molecule has 0 amide bonds. The van der Waals surface area contributed by atoms with Gasteiger partial charge in [-0.05, 0) is 35.6 Å². The maximum Gasteiger partial charge on any atom is 0.123 e. The molecule has 0 aliphatic rings. The molecule has 1 rings (SSSR count). The second-order valence-corrected chi connectivity index (χ2v) is 4.16. The van der Waals surface area contributed by atoms with Crippen molar-refractivity contribution in [1.82, 2.24) is 0 Å². The van der Waals surface area contributed by atoms with Crippen LogP contribution in [0.5, 0.6) is 5.75 Å². The zero-order valence-corrected chi connectivity index (χ0v) is 8.10. The highest BCUT2D eigenvalue weighted by molar-refractivity contribution is 5.36. The molecule has 0 aliphatic heterocycles. The summed E-state index contributed by atoms with van der Waals surface area (Å²) in [4.78, 5) is 0. The minimum Gasteiger partial charge on any atom is -0.507 e. The van der Waals surface area contributed by atoms with Crippen LogP contribution in [0.3, 0.4) is 0 Å². The molecule has 0 saturated carbocycles. The van der Waals surface area contributed by atoms with Gasteiger partial charge in [-0.15, -0.1) is 0 Å². The first-order valence-corrected chi connectivity index (χ1v) is 4.13. The van der Waals surface area contributed by atoms with Gasteiger partial charge in [0.15, 0.2) is 0 Å². The molecule has 1 aromatic rings. The van der Waals surface area contributed by atoms with E-state index in [2.05, 4.69) is 26.8 Å². The average molecular weight is 163 g/mol. The van der Waals surface area contributed by atoms with E-state index in [1.807, 2.05) is 13.0 Å². The fourth-order valence-corrected chi connectivity index (χ4v) is 1.39. The standard InChI is InChI=1S/C11H15O/c1-8-7-9(12)5-6-10(8)11(2,3)4/h6-7,12H,1-4H3. The molecule has 0 unspecified atom stereocenters. The van der Waals surface area contributed by atoms with Gasteiger partial charge in [-0.2, -0.15) is 0 Å². The van der Waals surface area contributed by atoms with Crippen molar-refractivity contribution in [2.75, 3.05) is 0 Å². The third-order valence-corrected chi connectivity index (χ3v) is 1.95. The molecule has 0 aliphatic carbocycles. The number of benzene rings is 1. The van der Waals surface area contributed by atoms with Crippen LogP contribution in [0.1, 0.15) is 31.9 Å². The Morgan fingerprint density at radius 2 is 1.92 bits per heavy atom. The van der Waals surface area contributed by atoms with Gasteiger partial charge in [0.1, 0.15) is 5.75 Å². The molecule has 0 fully saturated rings. The quantitative estimate of drug-likeness (QED) is 0.623. The van der Waals surface area contributed by atoms with Crippen molar-refractivity contribution in [2.24, 2.45) is 0 Å². The number of phenolic OH excluding ortho intramolecular Hbond substituents is 1. The highest BCUT2D eigenvalue weighted by Gasteiger charge is 2.15. The Morgan fingerprint density at radius 3 is 2.33 bits per heavy atom. The van der Waals surface area contributed by atoms with Crippen LogP contribution in [0.4, 0.5) is 0 Å². The molecule has 1 aromatic carbocycles. The van der Waals surface area contributed by atoms with Crippen molar-refractivity contribution in [1.29, 1.82) is 0 Å². The summed E-state index contributed by atoms with van der Waals surface area (Å²) >= 11 is 0. The largest absolute Gasteiger partial charge is 0.507 e. The maximum atomic E-state index is 9.15. The zero-order chi connectivity index (χ0) is 9.35. The lowest BCUT2D eigenvalue weighted by Gasteiger charge is -2.21. The molecular formula is C11H15O. The molecule has 0 bridgehead atoms. The van der Waals surface area contributed by atoms with E-state index in [1.54, 1.807) is 6.07 Å². The van der Waals surface area contributed by atoms with Gasteiger partial charge in [-0.3, -0.25) is 0 Å². The molecule has 0 heterocycles. The van der Waals surface area contributed by atoms with Crippen LogP contribution in [-0.2, 0) is 5.41 Å². The van der Waals surface area contributed by atoms with Gasteiger partial charge in [0.05, 0.1) is 0 Å². The van der Waals surface area contributed by atoms with Gasteiger partial charge in [0.25, 0.3) is 0 Å². The van der Waals surface area contributed by atoms with E-state index in [-0.39, 0.29) is 11.2 Å². The number of rotatable bonds is 0. The van der Waals surface area contributed by atoms with Crippen LogP contribution in [0.15, 0.2) is 12.1 Å². The molecule has 12 heavy (non-hydrogen) atoms. The first-order valence-electron chi connectivity index (χ1n) is 4.13. The molecule has 0 spiro atoms. The Bertz CT molecular complexity index is 282. The van der Waals surface area contributed by atoms with E-state index in [1.165, 1.54) is 5.56 Å². The van der Waals surface area contributed by atoms with Gasteiger partial charge in [0, 0.05) is 6.07 Å². The first kappa shape index (κ1) is 9.11. The van der Waals surface area contributed by atoms with Gasteiger partial charge >= 0.3 is 0 Å². The number of aromatic hydroxyl groups is 1. The summed E-state index contributed by atoms with van der Waals surface area (Å²) in [5, 5.41) is 9.15. The zero-order valence-electron chi connectivity index (χ0n) is 8.10. The smallest absolute Gasteiger partial charge is 0.123 e. The molecule has 0 saturated heterocycles. The predicted octanol–water partition coefficient (Wildman–Crippen LogP) is 2.80. The van der Waals surface area contributed by atoms with Crippen LogP contribution in [0.2, 0.25) is 0 Å². The second-order valence-electron chi connectivity index (χ2n) is 4.16. The van der Waals surface area contributed by atoms with E-state index >= 15 is 0 Å². The molecule has 1 nitrogen and oxygen atoms in total. The van der Waals surface area contributed by atoms with Crippen molar-refractivity contribution in [2.45, 2.75) is 33.1 Å². The monoisotopic (exact) mass is 163 g/mol. The molecule has 0 aromatic heterocycles. The van der Waals surface area contributed by atoms with E-state index in [0.717, 1.165) is 5.56 Å². The molecule has 1 heteroatoms. The number of hydrogen-bond acceptors (Lipinski definition) is 1. The summed E-state index contributed by atoms with van der Waals surface area (Å²) in [6.45, 7) is 8.47. The van der Waals surface area contributed by atoms with E-state index in [0.29, 0.717) is 0 Å². The third kappa shape index (κ3) is 1.79. The average Bonchev–Trinajstić information content (AvgIpc) is 1.83. The Kier molecular flexibility index (Phi) is 2.14. The lowest BCUT2D eigenvalue weighted by molar-refractivity contribution is 0.472. The van der Waals surface area contributed by atoms with Crippen molar-refractivity contribution in [3.8, 4) is 5.75 Å². The molecule has 65 valence electrons.